The number of hydrogen-bond acceptors (Lipinski definition) is 10. The number of alkyl carbamates (subject to hydrolysis) is 1. The van der Waals surface area contributed by atoms with E-state index in [1.54, 1.807) is 65.6 Å². The molecular formula is C46H58FN9O7. The Kier molecular flexibility index (Phi) is 14.8. The predicted molar refractivity (Wildman–Crippen MR) is 234 cm³/mol. The molecule has 0 bridgehead atoms. The van der Waals surface area contributed by atoms with Crippen LogP contribution >= 0.6 is 0 Å². The number of carbonyl (C=O) groups excluding carboxylic acids is 5. The van der Waals surface area contributed by atoms with Crippen molar-refractivity contribution >= 4 is 35.6 Å². The number of ether oxygens (including phenoxy) is 2. The second-order valence-electron chi connectivity index (χ2n) is 18.2. The highest BCUT2D eigenvalue weighted by Gasteiger charge is 2.31. The number of benzene rings is 3. The molecule has 1 aliphatic carbocycles. The van der Waals surface area contributed by atoms with Gasteiger partial charge in [-0.15, -0.1) is 10.2 Å². The van der Waals surface area contributed by atoms with Gasteiger partial charge in [-0.3, -0.25) is 14.4 Å². The van der Waals surface area contributed by atoms with Crippen molar-refractivity contribution in [2.24, 2.45) is 11.8 Å². The summed E-state index contributed by atoms with van der Waals surface area (Å²) in [7, 11) is 0. The van der Waals surface area contributed by atoms with Crippen molar-refractivity contribution in [2.75, 3.05) is 25.0 Å². The number of nitrogens with one attached hydrogen (secondary N) is 5. The van der Waals surface area contributed by atoms with Crippen LogP contribution in [-0.4, -0.2) is 98.4 Å². The molecule has 0 radical (unpaired) electrons. The Hall–Kier alpha value is -6.39. The molecule has 5 amide bonds. The molecule has 63 heavy (non-hydrogen) atoms. The minimum Gasteiger partial charge on any atom is -0.444 e. The van der Waals surface area contributed by atoms with Crippen LogP contribution in [0.15, 0.2) is 66.7 Å². The lowest BCUT2D eigenvalue weighted by Gasteiger charge is -2.33. The lowest BCUT2D eigenvalue weighted by atomic mass is 9.81. The standard InChI is InChI=1S/C46H58FN9O7/c1-45(2,3)62-43(60)48-27-29-12-16-32(17-13-29)40(57)51-37(42(59)50-33-20-18-31(19-21-33)39-52-54-55-53-39)26-28-10-14-30(15-11-28)35-8-7-9-36(38(35)47)41(58)49-34-22-24-56(25-23-34)44(61)63-46(4,5)6/h7-11,14-15,18-21,29,32,34,37H,12-13,16-17,22-27H2,1-6H3,(H,48,60)(H,49,58)(H,50,59)(H,51,57)(H,52,53,54,55). The summed E-state index contributed by atoms with van der Waals surface area (Å²) in [5, 5.41) is 25.6. The normalized spacial score (nSPS) is 17.5. The van der Waals surface area contributed by atoms with Crippen molar-refractivity contribution in [3.8, 4) is 22.5 Å². The summed E-state index contributed by atoms with van der Waals surface area (Å²) < 4.78 is 26.8. The van der Waals surface area contributed by atoms with Gasteiger partial charge in [-0.05, 0) is 133 Å². The second kappa shape index (κ2) is 20.2. The van der Waals surface area contributed by atoms with E-state index in [0.717, 1.165) is 18.4 Å². The van der Waals surface area contributed by atoms with E-state index in [2.05, 4.69) is 41.9 Å². The molecule has 1 aliphatic heterocycles. The Morgan fingerprint density at radius 3 is 2.10 bits per heavy atom. The first-order chi connectivity index (χ1) is 29.9. The summed E-state index contributed by atoms with van der Waals surface area (Å²) in [5.41, 5.74) is 1.38. The molecule has 2 fully saturated rings. The number of likely N-dealkylation sites (tertiary alicyclic amines) is 1. The molecule has 17 heteroatoms. The molecule has 1 saturated carbocycles. The number of piperidine rings is 1. The zero-order valence-corrected chi connectivity index (χ0v) is 36.8. The average Bonchev–Trinajstić information content (AvgIpc) is 3.78. The molecule has 4 aromatic rings. The van der Waals surface area contributed by atoms with E-state index < -0.39 is 47.1 Å². The first kappa shape index (κ1) is 46.1. The van der Waals surface area contributed by atoms with Crippen molar-refractivity contribution in [3.05, 3.63) is 83.7 Å². The van der Waals surface area contributed by atoms with Gasteiger partial charge in [0.2, 0.25) is 17.6 Å². The highest BCUT2D eigenvalue weighted by molar-refractivity contribution is 5.98. The lowest BCUT2D eigenvalue weighted by Crippen LogP contribution is -2.48. The summed E-state index contributed by atoms with van der Waals surface area (Å²) in [5.74, 6) is -1.57. The first-order valence-electron chi connectivity index (χ1n) is 21.5. The molecule has 0 spiro atoms. The first-order valence-corrected chi connectivity index (χ1v) is 21.5. The van der Waals surface area contributed by atoms with E-state index in [4.69, 9.17) is 9.47 Å². The predicted octanol–water partition coefficient (Wildman–Crippen LogP) is 6.80. The summed E-state index contributed by atoms with van der Waals surface area (Å²) in [6, 6.07) is 17.4. The van der Waals surface area contributed by atoms with Crippen LogP contribution in [0.5, 0.6) is 0 Å². The van der Waals surface area contributed by atoms with Gasteiger partial charge in [0.1, 0.15) is 23.1 Å². The van der Waals surface area contributed by atoms with E-state index in [1.165, 1.54) is 6.07 Å². The largest absolute Gasteiger partial charge is 0.444 e. The molecule has 1 unspecified atom stereocenters. The number of nitrogens with zero attached hydrogens (tertiary/aromatic N) is 4. The zero-order chi connectivity index (χ0) is 45.3. The SMILES string of the molecule is CC(C)(C)OC(=O)NCC1CCC(C(=O)NC(Cc2ccc(-c3cccc(C(=O)NC4CCN(C(=O)OC(C)(C)C)CC4)c3F)cc2)C(=O)Nc2ccc(-c3nn[nH]n3)cc2)CC1. The molecule has 2 heterocycles. The maximum atomic E-state index is 16.0. The third-order valence-corrected chi connectivity index (χ3v) is 11.0. The molecule has 16 nitrogen and oxygen atoms in total. The molecular weight excluding hydrogens is 810 g/mol. The van der Waals surface area contributed by atoms with Gasteiger partial charge >= 0.3 is 12.2 Å². The fourth-order valence-corrected chi connectivity index (χ4v) is 7.67. The Bertz CT molecular complexity index is 2210. The Balaban J connectivity index is 1.09. The summed E-state index contributed by atoms with van der Waals surface area (Å²) in [6.07, 6.45) is 2.96. The van der Waals surface area contributed by atoms with Gasteiger partial charge in [0.05, 0.1) is 5.56 Å². The number of H-pyrrole nitrogens is 1. The maximum Gasteiger partial charge on any atom is 0.410 e. The van der Waals surface area contributed by atoms with Gasteiger partial charge in [-0.2, -0.15) is 5.21 Å². The average molecular weight is 868 g/mol. The number of anilines is 1. The van der Waals surface area contributed by atoms with Gasteiger partial charge < -0.3 is 35.6 Å². The topological polar surface area (TPSA) is 210 Å². The third kappa shape index (κ3) is 13.3. The van der Waals surface area contributed by atoms with Gasteiger partial charge in [0, 0.05) is 54.8 Å². The summed E-state index contributed by atoms with van der Waals surface area (Å²) in [6.45, 7) is 12.1. The molecule has 1 aromatic heterocycles. The molecule has 2 aliphatic rings. The Labute approximate surface area is 366 Å². The van der Waals surface area contributed by atoms with Gasteiger partial charge in [0.15, 0.2) is 0 Å². The number of amides is 5. The van der Waals surface area contributed by atoms with Crippen LogP contribution < -0.4 is 21.3 Å². The van der Waals surface area contributed by atoms with Crippen LogP contribution in [-0.2, 0) is 25.5 Å². The number of halogens is 1. The highest BCUT2D eigenvalue weighted by Crippen LogP contribution is 2.30. The number of tetrazole rings is 1. The minimum atomic E-state index is -0.952. The summed E-state index contributed by atoms with van der Waals surface area (Å²) in [4.78, 5) is 67.2. The maximum absolute atomic E-state index is 16.0. The minimum absolute atomic E-state index is 0.0933. The van der Waals surface area contributed by atoms with E-state index in [0.29, 0.717) is 68.0 Å². The molecule has 1 saturated heterocycles. The van der Waals surface area contributed by atoms with Crippen molar-refractivity contribution < 1.29 is 37.8 Å². The number of hydrogen-bond donors (Lipinski definition) is 5. The van der Waals surface area contributed by atoms with Gasteiger partial charge in [-0.1, -0.05) is 36.4 Å². The van der Waals surface area contributed by atoms with Crippen LogP contribution in [0, 0.1) is 17.7 Å². The van der Waals surface area contributed by atoms with Gasteiger partial charge in [-0.25, -0.2) is 14.0 Å². The zero-order valence-electron chi connectivity index (χ0n) is 36.8. The Morgan fingerprint density at radius 1 is 0.825 bits per heavy atom. The molecule has 336 valence electrons. The summed E-state index contributed by atoms with van der Waals surface area (Å²) >= 11 is 0. The smallest absolute Gasteiger partial charge is 0.410 e. The number of rotatable bonds is 12. The van der Waals surface area contributed by atoms with Crippen molar-refractivity contribution in [2.45, 2.75) is 110 Å². The van der Waals surface area contributed by atoms with Crippen LogP contribution in [0.2, 0.25) is 0 Å². The molecule has 5 N–H and O–H groups in total. The van der Waals surface area contributed by atoms with Crippen molar-refractivity contribution in [1.82, 2.24) is 41.5 Å². The van der Waals surface area contributed by atoms with Crippen LogP contribution in [0.1, 0.15) is 96.0 Å². The molecule has 6 rings (SSSR count). The van der Waals surface area contributed by atoms with E-state index >= 15 is 4.39 Å². The molecule has 3 aromatic carbocycles. The van der Waals surface area contributed by atoms with E-state index in [9.17, 15) is 24.0 Å². The molecule has 1 atom stereocenters. The van der Waals surface area contributed by atoms with Crippen LogP contribution in [0.3, 0.4) is 0 Å². The van der Waals surface area contributed by atoms with Gasteiger partial charge in [0.25, 0.3) is 5.91 Å². The van der Waals surface area contributed by atoms with Crippen molar-refractivity contribution in [1.29, 1.82) is 0 Å². The van der Waals surface area contributed by atoms with Crippen molar-refractivity contribution in [3.63, 3.8) is 0 Å². The highest BCUT2D eigenvalue weighted by atomic mass is 19.1. The third-order valence-electron chi connectivity index (χ3n) is 11.0. The quantitative estimate of drug-likeness (QED) is 0.101. The van der Waals surface area contributed by atoms with Crippen LogP contribution in [0.25, 0.3) is 22.5 Å². The monoisotopic (exact) mass is 867 g/mol. The number of aromatic nitrogens is 4. The van der Waals surface area contributed by atoms with Crippen LogP contribution in [0.4, 0.5) is 19.7 Å². The van der Waals surface area contributed by atoms with E-state index in [1.807, 2.05) is 41.5 Å². The lowest BCUT2D eigenvalue weighted by molar-refractivity contribution is -0.130. The number of carbonyl (C=O) groups is 5. The Morgan fingerprint density at radius 2 is 1.48 bits per heavy atom. The fourth-order valence-electron chi connectivity index (χ4n) is 7.67. The second-order valence-corrected chi connectivity index (χ2v) is 18.2. The van der Waals surface area contributed by atoms with E-state index in [-0.39, 0.29) is 41.3 Å². The number of aromatic amines is 1. The fraction of sp³-hybridized carbons (Fsp3) is 0.478.